The lowest BCUT2D eigenvalue weighted by molar-refractivity contribution is -0.139. The summed E-state index contributed by atoms with van der Waals surface area (Å²) in [6.45, 7) is 10.4. The van der Waals surface area contributed by atoms with Crippen molar-refractivity contribution in [2.45, 2.75) is 65.6 Å². The number of hydrogen-bond acceptors (Lipinski definition) is 3. The molecule has 156 valence electrons. The lowest BCUT2D eigenvalue weighted by atomic mass is 9.94. The molecule has 0 bridgehead atoms. The number of amides is 2. The average molecular weight is 413 g/mol. The molecule has 1 heterocycles. The van der Waals surface area contributed by atoms with E-state index >= 15 is 0 Å². The minimum absolute atomic E-state index is 0.0295. The lowest BCUT2D eigenvalue weighted by Crippen LogP contribution is -2.47. The van der Waals surface area contributed by atoms with E-state index in [1.54, 1.807) is 21.9 Å². The minimum Gasteiger partial charge on any atom is -0.444 e. The van der Waals surface area contributed by atoms with E-state index in [-0.39, 0.29) is 30.5 Å². The first-order chi connectivity index (χ1) is 13.0. The first-order valence-corrected chi connectivity index (χ1v) is 10.1. The molecule has 1 fully saturated rings. The van der Waals surface area contributed by atoms with Crippen LogP contribution in [0.3, 0.4) is 0 Å². The van der Waals surface area contributed by atoms with Crippen molar-refractivity contribution in [2.24, 2.45) is 5.92 Å². The van der Waals surface area contributed by atoms with Gasteiger partial charge in [-0.05, 0) is 59.6 Å². The molecule has 2 amide bonds. The van der Waals surface area contributed by atoms with Gasteiger partial charge in [-0.15, -0.1) is 0 Å². The number of rotatable bonds is 4. The second kappa shape index (κ2) is 9.12. The summed E-state index contributed by atoms with van der Waals surface area (Å²) in [5.41, 5.74) is -0.213. The van der Waals surface area contributed by atoms with Crippen LogP contribution >= 0.6 is 11.6 Å². The van der Waals surface area contributed by atoms with Crippen molar-refractivity contribution in [1.82, 2.24) is 9.80 Å². The number of nitrogens with zero attached hydrogens (tertiary/aromatic N) is 2. The molecule has 1 aliphatic heterocycles. The molecule has 7 heteroatoms. The quantitative estimate of drug-likeness (QED) is 0.709. The van der Waals surface area contributed by atoms with Gasteiger partial charge in [0.1, 0.15) is 11.4 Å². The summed E-state index contributed by atoms with van der Waals surface area (Å²) >= 11 is 6.14. The third kappa shape index (κ3) is 5.84. The van der Waals surface area contributed by atoms with Crippen molar-refractivity contribution in [1.29, 1.82) is 0 Å². The molecule has 1 aliphatic rings. The highest BCUT2D eigenvalue weighted by Crippen LogP contribution is 2.26. The number of hydrogen-bond donors (Lipinski definition) is 0. The van der Waals surface area contributed by atoms with Gasteiger partial charge in [0.25, 0.3) is 0 Å². The maximum absolute atomic E-state index is 14.2. The van der Waals surface area contributed by atoms with Crippen LogP contribution in [0.4, 0.5) is 9.18 Å². The fourth-order valence-electron chi connectivity index (χ4n) is 3.24. The Morgan fingerprint density at radius 1 is 1.29 bits per heavy atom. The molecular formula is C21H30ClFN2O3. The van der Waals surface area contributed by atoms with Gasteiger partial charge in [-0.3, -0.25) is 4.79 Å². The Balaban J connectivity index is 2.02. The summed E-state index contributed by atoms with van der Waals surface area (Å²) in [4.78, 5) is 28.6. The highest BCUT2D eigenvalue weighted by Gasteiger charge is 2.33. The van der Waals surface area contributed by atoms with Gasteiger partial charge in [0.15, 0.2) is 0 Å². The number of carbonyl (C=O) groups excluding carboxylic acids is 2. The van der Waals surface area contributed by atoms with Gasteiger partial charge in [0.05, 0.1) is 6.54 Å². The predicted molar refractivity (Wildman–Crippen MR) is 108 cm³/mol. The van der Waals surface area contributed by atoms with Crippen molar-refractivity contribution in [2.75, 3.05) is 13.1 Å². The molecule has 0 atom stereocenters. The second-order valence-electron chi connectivity index (χ2n) is 8.50. The van der Waals surface area contributed by atoms with E-state index in [1.165, 1.54) is 6.07 Å². The zero-order valence-corrected chi connectivity index (χ0v) is 18.1. The zero-order valence-electron chi connectivity index (χ0n) is 17.3. The highest BCUT2D eigenvalue weighted by molar-refractivity contribution is 6.31. The van der Waals surface area contributed by atoms with Gasteiger partial charge in [-0.1, -0.05) is 17.7 Å². The third-order valence-electron chi connectivity index (χ3n) is 4.79. The van der Waals surface area contributed by atoms with Gasteiger partial charge in [0, 0.05) is 35.6 Å². The molecule has 1 aromatic rings. The Morgan fingerprint density at radius 3 is 2.39 bits per heavy atom. The molecule has 0 N–H and O–H groups in total. The molecule has 0 aliphatic carbocycles. The van der Waals surface area contributed by atoms with E-state index in [0.717, 1.165) is 0 Å². The van der Waals surface area contributed by atoms with Crippen LogP contribution in [0.1, 0.15) is 53.0 Å². The fourth-order valence-corrected chi connectivity index (χ4v) is 3.46. The van der Waals surface area contributed by atoms with Gasteiger partial charge in [-0.2, -0.15) is 0 Å². The number of ether oxygens (including phenoxy) is 1. The Hall–Kier alpha value is -1.82. The Kier molecular flexibility index (Phi) is 7.32. The highest BCUT2D eigenvalue weighted by atomic mass is 35.5. The molecule has 28 heavy (non-hydrogen) atoms. The van der Waals surface area contributed by atoms with Crippen molar-refractivity contribution in [3.8, 4) is 0 Å². The molecular weight excluding hydrogens is 383 g/mol. The van der Waals surface area contributed by atoms with E-state index < -0.39 is 11.4 Å². The number of carbonyl (C=O) groups is 2. The van der Waals surface area contributed by atoms with Crippen molar-refractivity contribution >= 4 is 23.6 Å². The molecule has 2 rings (SSSR count). The smallest absolute Gasteiger partial charge is 0.410 e. The number of likely N-dealkylation sites (tertiary alicyclic amines) is 1. The third-order valence-corrected chi connectivity index (χ3v) is 5.15. The van der Waals surface area contributed by atoms with Crippen LogP contribution < -0.4 is 0 Å². The predicted octanol–water partition coefficient (Wildman–Crippen LogP) is 4.86. The SMILES string of the molecule is CC(C)N(Cc1c(F)cccc1Cl)C(=O)C1CCN(C(=O)OC(C)(C)C)CC1. The molecule has 0 aromatic heterocycles. The molecule has 0 spiro atoms. The number of benzene rings is 1. The van der Waals surface area contributed by atoms with Crippen LogP contribution in [0, 0.1) is 11.7 Å². The summed E-state index contributed by atoms with van der Waals surface area (Å²) in [6, 6.07) is 4.44. The summed E-state index contributed by atoms with van der Waals surface area (Å²) in [5.74, 6) is -0.643. The van der Waals surface area contributed by atoms with Crippen molar-refractivity contribution < 1.29 is 18.7 Å². The Bertz CT molecular complexity index is 690. The van der Waals surface area contributed by atoms with E-state index in [0.29, 0.717) is 36.5 Å². The maximum Gasteiger partial charge on any atom is 0.410 e. The van der Waals surface area contributed by atoms with Gasteiger partial charge in [-0.25, -0.2) is 9.18 Å². The Labute approximate surface area is 171 Å². The molecule has 0 unspecified atom stereocenters. The zero-order chi connectivity index (χ0) is 21.1. The topological polar surface area (TPSA) is 49.9 Å². The fraction of sp³-hybridized carbons (Fsp3) is 0.619. The van der Waals surface area contributed by atoms with E-state index in [1.807, 2.05) is 34.6 Å². The Morgan fingerprint density at radius 2 is 1.89 bits per heavy atom. The second-order valence-corrected chi connectivity index (χ2v) is 8.91. The lowest BCUT2D eigenvalue weighted by Gasteiger charge is -2.36. The molecule has 1 saturated heterocycles. The molecule has 1 aromatic carbocycles. The standard InChI is InChI=1S/C21H30ClFN2O3/c1-14(2)25(13-16-17(22)7-6-8-18(16)23)19(26)15-9-11-24(12-10-15)20(27)28-21(3,4)5/h6-8,14-15H,9-13H2,1-5H3. The summed E-state index contributed by atoms with van der Waals surface area (Å²) in [7, 11) is 0. The monoisotopic (exact) mass is 412 g/mol. The summed E-state index contributed by atoms with van der Waals surface area (Å²) in [6.07, 6.45) is 0.774. The van der Waals surface area contributed by atoms with Gasteiger partial charge >= 0.3 is 6.09 Å². The van der Waals surface area contributed by atoms with Crippen LogP contribution in [0.5, 0.6) is 0 Å². The normalized spacial score (nSPS) is 15.6. The van der Waals surface area contributed by atoms with Crippen LogP contribution in [-0.2, 0) is 16.1 Å². The molecule has 0 radical (unpaired) electrons. The van der Waals surface area contributed by atoms with Crippen LogP contribution in [-0.4, -0.2) is 46.5 Å². The first-order valence-electron chi connectivity index (χ1n) is 9.71. The summed E-state index contributed by atoms with van der Waals surface area (Å²) in [5, 5.41) is 0.318. The molecule has 0 saturated carbocycles. The van der Waals surface area contributed by atoms with Crippen molar-refractivity contribution in [3.63, 3.8) is 0 Å². The largest absolute Gasteiger partial charge is 0.444 e. The van der Waals surface area contributed by atoms with E-state index in [2.05, 4.69) is 0 Å². The maximum atomic E-state index is 14.2. The molecule has 5 nitrogen and oxygen atoms in total. The average Bonchev–Trinajstić information content (AvgIpc) is 2.59. The van der Waals surface area contributed by atoms with E-state index in [4.69, 9.17) is 16.3 Å². The number of halogens is 2. The van der Waals surface area contributed by atoms with Crippen LogP contribution in [0.25, 0.3) is 0 Å². The van der Waals surface area contributed by atoms with Crippen LogP contribution in [0.2, 0.25) is 5.02 Å². The minimum atomic E-state index is -0.544. The van der Waals surface area contributed by atoms with Crippen molar-refractivity contribution in [3.05, 3.63) is 34.6 Å². The first kappa shape index (κ1) is 22.5. The summed E-state index contributed by atoms with van der Waals surface area (Å²) < 4.78 is 19.6. The number of piperidine rings is 1. The van der Waals surface area contributed by atoms with Gasteiger partial charge in [0.2, 0.25) is 5.91 Å². The van der Waals surface area contributed by atoms with Crippen LogP contribution in [0.15, 0.2) is 18.2 Å². The van der Waals surface area contributed by atoms with E-state index in [9.17, 15) is 14.0 Å². The van der Waals surface area contributed by atoms with Gasteiger partial charge < -0.3 is 14.5 Å².